The van der Waals surface area contributed by atoms with Crippen LogP contribution < -0.4 is 0 Å². The Morgan fingerprint density at radius 3 is 1.43 bits per heavy atom. The number of nitrogens with zero attached hydrogens (tertiary/aromatic N) is 2. The minimum atomic E-state index is 0.565. The maximum Gasteiger partial charge on any atom is 0.0724 e. The highest BCUT2D eigenvalue weighted by molar-refractivity contribution is 8.76. The lowest BCUT2D eigenvalue weighted by atomic mass is 10.2. The maximum atomic E-state index is 4.60. The Morgan fingerprint density at radius 1 is 0.600 bits per heavy atom. The zero-order chi connectivity index (χ0) is 21.1. The van der Waals surface area contributed by atoms with Crippen LogP contribution in [0.5, 0.6) is 0 Å². The molecule has 0 N–H and O–H groups in total. The van der Waals surface area contributed by atoms with Crippen molar-refractivity contribution < 1.29 is 0 Å². The number of aromatic nitrogens is 2. The Morgan fingerprint density at radius 2 is 1.03 bits per heavy atom. The van der Waals surface area contributed by atoms with Crippen molar-refractivity contribution in [2.75, 3.05) is 0 Å². The van der Waals surface area contributed by atoms with Crippen molar-refractivity contribution in [2.24, 2.45) is 0 Å². The van der Waals surface area contributed by atoms with Gasteiger partial charge in [0.2, 0.25) is 0 Å². The minimum absolute atomic E-state index is 0.565. The summed E-state index contributed by atoms with van der Waals surface area (Å²) >= 11 is 3.75. The third kappa shape index (κ3) is 5.28. The summed E-state index contributed by atoms with van der Waals surface area (Å²) < 4.78 is 0. The van der Waals surface area contributed by atoms with Crippen LogP contribution in [0.2, 0.25) is 0 Å². The number of rotatable bonds is 7. The van der Waals surface area contributed by atoms with Gasteiger partial charge in [0.05, 0.1) is 11.0 Å². The molecule has 2 aromatic carbocycles. The van der Waals surface area contributed by atoms with Gasteiger partial charge in [-0.15, -0.1) is 23.5 Å². The Balaban J connectivity index is 1.58. The lowest BCUT2D eigenvalue weighted by Gasteiger charge is -2.10. The number of thioether (sulfide) groups is 2. The molecule has 2 nitrogen and oxygen atoms in total. The molecule has 0 saturated carbocycles. The molecule has 30 heavy (non-hydrogen) atoms. The summed E-state index contributed by atoms with van der Waals surface area (Å²) in [5.41, 5.74) is 2.11. The molecule has 0 amide bonds. The lowest BCUT2D eigenvalue weighted by Crippen LogP contribution is -1.88. The standard InChI is InChI=1S/C24H24N2S4/c1-15(2)27-17-5-7-19-21(13-17)25-11-9-23(19)29-30-24-10-12-26-22-14-18(28-16(3)4)6-8-20(22)24/h5-16H,1-4H3. The van der Waals surface area contributed by atoms with Crippen LogP contribution in [0.15, 0.2) is 80.5 Å². The van der Waals surface area contributed by atoms with Crippen molar-refractivity contribution in [3.8, 4) is 0 Å². The third-order valence-electron chi connectivity index (χ3n) is 4.31. The second-order valence-electron chi connectivity index (χ2n) is 7.48. The molecule has 0 saturated heterocycles. The molecule has 0 atom stereocenters. The monoisotopic (exact) mass is 468 g/mol. The highest BCUT2D eigenvalue weighted by Crippen LogP contribution is 2.43. The first-order valence-corrected chi connectivity index (χ1v) is 13.9. The number of benzene rings is 2. The zero-order valence-electron chi connectivity index (χ0n) is 17.5. The summed E-state index contributed by atoms with van der Waals surface area (Å²) in [7, 11) is 3.58. The van der Waals surface area contributed by atoms with Gasteiger partial charge in [-0.05, 0) is 36.4 Å². The van der Waals surface area contributed by atoms with Crippen LogP contribution in [0.25, 0.3) is 21.8 Å². The fraction of sp³-hybridized carbons (Fsp3) is 0.250. The molecular weight excluding hydrogens is 445 g/mol. The molecule has 0 spiro atoms. The molecule has 2 heterocycles. The smallest absolute Gasteiger partial charge is 0.0724 e. The summed E-state index contributed by atoms with van der Waals surface area (Å²) in [5, 5.41) is 3.54. The van der Waals surface area contributed by atoms with Crippen LogP contribution in [0.3, 0.4) is 0 Å². The molecule has 154 valence electrons. The Kier molecular flexibility index (Phi) is 7.19. The number of hydrogen-bond acceptors (Lipinski definition) is 6. The molecule has 0 radical (unpaired) electrons. The van der Waals surface area contributed by atoms with E-state index in [2.05, 4.69) is 86.2 Å². The first-order valence-electron chi connectivity index (χ1n) is 9.95. The van der Waals surface area contributed by atoms with Crippen LogP contribution in [-0.2, 0) is 0 Å². The van der Waals surface area contributed by atoms with E-state index in [1.165, 1.54) is 30.4 Å². The van der Waals surface area contributed by atoms with Crippen molar-refractivity contribution in [3.05, 3.63) is 60.9 Å². The summed E-state index contributed by atoms with van der Waals surface area (Å²) in [6, 6.07) is 17.4. The molecule has 0 aliphatic carbocycles. The fourth-order valence-electron chi connectivity index (χ4n) is 3.13. The molecule has 0 bridgehead atoms. The van der Waals surface area contributed by atoms with Gasteiger partial charge in [-0.25, -0.2) is 0 Å². The molecule has 0 aliphatic heterocycles. The largest absolute Gasteiger partial charge is 0.256 e. The first-order chi connectivity index (χ1) is 14.5. The van der Waals surface area contributed by atoms with E-state index in [4.69, 9.17) is 0 Å². The molecule has 4 aromatic rings. The van der Waals surface area contributed by atoms with Crippen molar-refractivity contribution in [1.29, 1.82) is 0 Å². The van der Waals surface area contributed by atoms with E-state index in [0.717, 1.165) is 11.0 Å². The number of pyridine rings is 2. The van der Waals surface area contributed by atoms with Crippen LogP contribution in [-0.4, -0.2) is 20.5 Å². The van der Waals surface area contributed by atoms with Crippen LogP contribution in [0, 0.1) is 0 Å². The average molecular weight is 469 g/mol. The van der Waals surface area contributed by atoms with Crippen LogP contribution in [0.4, 0.5) is 0 Å². The van der Waals surface area contributed by atoms with Crippen molar-refractivity contribution in [1.82, 2.24) is 9.97 Å². The predicted octanol–water partition coefficient (Wildman–Crippen LogP) is 8.58. The summed E-state index contributed by atoms with van der Waals surface area (Å²) in [6.45, 7) is 8.87. The van der Waals surface area contributed by atoms with Gasteiger partial charge in [0.25, 0.3) is 0 Å². The van der Waals surface area contributed by atoms with E-state index < -0.39 is 0 Å². The zero-order valence-corrected chi connectivity index (χ0v) is 20.7. The van der Waals surface area contributed by atoms with E-state index in [9.17, 15) is 0 Å². The summed E-state index contributed by atoms with van der Waals surface area (Å²) in [6.07, 6.45) is 3.82. The van der Waals surface area contributed by atoms with Crippen molar-refractivity contribution >= 4 is 66.9 Å². The SMILES string of the molecule is CC(C)Sc1ccc2c(SSc3ccnc4cc(SC(C)C)ccc34)ccnc2c1. The van der Waals surface area contributed by atoms with Gasteiger partial charge in [0.15, 0.2) is 0 Å². The van der Waals surface area contributed by atoms with Gasteiger partial charge >= 0.3 is 0 Å². The average Bonchev–Trinajstić information content (AvgIpc) is 2.71. The molecule has 4 rings (SSSR count). The summed E-state index contributed by atoms with van der Waals surface area (Å²) in [5.74, 6) is 0. The molecule has 0 fully saturated rings. The topological polar surface area (TPSA) is 25.8 Å². The van der Waals surface area contributed by atoms with Gasteiger partial charge in [-0.3, -0.25) is 9.97 Å². The third-order valence-corrected chi connectivity index (χ3v) is 8.79. The number of hydrogen-bond donors (Lipinski definition) is 0. The predicted molar refractivity (Wildman–Crippen MR) is 137 cm³/mol. The van der Waals surface area contributed by atoms with Crippen LogP contribution in [0.1, 0.15) is 27.7 Å². The highest BCUT2D eigenvalue weighted by atomic mass is 33.1. The molecule has 0 unspecified atom stereocenters. The first kappa shape index (κ1) is 21.9. The maximum absolute atomic E-state index is 4.60. The van der Waals surface area contributed by atoms with Crippen LogP contribution >= 0.6 is 45.1 Å². The fourth-order valence-corrected chi connectivity index (χ4v) is 7.22. The second-order valence-corrected chi connectivity index (χ2v) is 13.0. The Hall–Kier alpha value is -1.34. The van der Waals surface area contributed by atoms with E-state index in [1.807, 2.05) is 35.9 Å². The van der Waals surface area contributed by atoms with E-state index in [1.54, 1.807) is 21.6 Å². The lowest BCUT2D eigenvalue weighted by molar-refractivity contribution is 1.11. The van der Waals surface area contributed by atoms with Crippen molar-refractivity contribution in [3.63, 3.8) is 0 Å². The second kappa shape index (κ2) is 9.86. The van der Waals surface area contributed by atoms with E-state index >= 15 is 0 Å². The van der Waals surface area contributed by atoms with Gasteiger partial charge in [-0.1, -0.05) is 61.4 Å². The summed E-state index contributed by atoms with van der Waals surface area (Å²) in [4.78, 5) is 14.2. The van der Waals surface area contributed by atoms with E-state index in [0.29, 0.717) is 10.5 Å². The minimum Gasteiger partial charge on any atom is -0.256 e. The van der Waals surface area contributed by atoms with Crippen molar-refractivity contribution in [2.45, 2.75) is 57.8 Å². The van der Waals surface area contributed by atoms with Gasteiger partial charge < -0.3 is 0 Å². The molecular formula is C24H24N2S4. The quantitative estimate of drug-likeness (QED) is 0.199. The van der Waals surface area contributed by atoms with Gasteiger partial charge in [0.1, 0.15) is 0 Å². The van der Waals surface area contributed by atoms with Gasteiger partial charge in [-0.2, -0.15) is 0 Å². The number of fused-ring (bicyclic) bond motifs is 2. The normalized spacial score (nSPS) is 11.8. The molecule has 6 heteroatoms. The van der Waals surface area contributed by atoms with Gasteiger partial charge in [0, 0.05) is 53.2 Å². The highest BCUT2D eigenvalue weighted by Gasteiger charge is 2.09. The molecule has 0 aliphatic rings. The molecule has 2 aromatic heterocycles. The Bertz CT molecular complexity index is 1080. The van der Waals surface area contributed by atoms with E-state index in [-0.39, 0.29) is 0 Å². The Labute approximate surface area is 194 Å².